The monoisotopic (exact) mass is 588 g/mol. The molecule has 0 heterocycles. The van der Waals surface area contributed by atoms with Crippen LogP contribution in [0.15, 0.2) is 0 Å². The molecule has 6 aliphatic rings. The van der Waals surface area contributed by atoms with Crippen LogP contribution in [0.25, 0.3) is 0 Å². The Hall–Kier alpha value is -0.0600. The van der Waals surface area contributed by atoms with Crippen LogP contribution in [0, 0.1) is 93.7 Å². The Morgan fingerprint density at radius 1 is 0.441 bits per heavy atom. The van der Waals surface area contributed by atoms with Gasteiger partial charge in [0, 0.05) is 21.5 Å². The van der Waals surface area contributed by atoms with E-state index in [1.54, 1.807) is 0 Å². The zero-order valence-electron chi connectivity index (χ0n) is 20.6. The first-order valence-electron chi connectivity index (χ1n) is 14.7. The minimum Gasteiger partial charge on any atom is -0.198 e. The molecule has 0 radical (unpaired) electrons. The molecule has 0 bridgehead atoms. The van der Waals surface area contributed by atoms with E-state index in [1.165, 1.54) is 64.2 Å². The SMILES string of the molecule is N#CC1CCC(C2CC(Br)C3CCC4C(C5CCC(C#N)CC5)CC(Br)C5CCC2C3C54)CC1. The van der Waals surface area contributed by atoms with E-state index in [4.69, 9.17) is 0 Å². The summed E-state index contributed by atoms with van der Waals surface area (Å²) in [4.78, 5) is 1.43. The molecule has 10 unspecified atom stereocenters. The standard InChI is InChI=1S/C30H42Br2N2/c31-27-13-25(19-5-1-17(15-33)2-6-19)21-9-11-24-28(32)14-26(20-7-3-18(16-34)4-8-20)22-10-12-23(27)29(21)30(22)24/h17-30H,1-14H2. The molecule has 0 saturated heterocycles. The van der Waals surface area contributed by atoms with Crippen LogP contribution >= 0.6 is 31.9 Å². The molecule has 0 aromatic heterocycles. The summed E-state index contributed by atoms with van der Waals surface area (Å²) < 4.78 is 0. The molecule has 0 N–H and O–H groups in total. The zero-order valence-corrected chi connectivity index (χ0v) is 23.8. The van der Waals surface area contributed by atoms with Crippen molar-refractivity contribution in [1.29, 1.82) is 10.5 Å². The van der Waals surface area contributed by atoms with Crippen molar-refractivity contribution in [2.45, 2.75) is 99.5 Å². The van der Waals surface area contributed by atoms with E-state index in [0.717, 1.165) is 84.9 Å². The Balaban J connectivity index is 1.25. The first-order chi connectivity index (χ1) is 16.6. The van der Waals surface area contributed by atoms with Gasteiger partial charge in [-0.2, -0.15) is 10.5 Å². The molecular weight excluding hydrogens is 548 g/mol. The highest BCUT2D eigenvalue weighted by atomic mass is 79.9. The van der Waals surface area contributed by atoms with Crippen LogP contribution in [0.5, 0.6) is 0 Å². The lowest BCUT2D eigenvalue weighted by Crippen LogP contribution is -2.59. The van der Waals surface area contributed by atoms with Crippen LogP contribution in [-0.4, -0.2) is 9.65 Å². The molecule has 6 fully saturated rings. The number of rotatable bonds is 2. The molecule has 10 atom stereocenters. The van der Waals surface area contributed by atoms with Crippen molar-refractivity contribution < 1.29 is 0 Å². The van der Waals surface area contributed by atoms with Crippen LogP contribution in [0.3, 0.4) is 0 Å². The van der Waals surface area contributed by atoms with Gasteiger partial charge < -0.3 is 0 Å². The number of hydrogen-bond donors (Lipinski definition) is 0. The van der Waals surface area contributed by atoms with Crippen molar-refractivity contribution in [3.63, 3.8) is 0 Å². The summed E-state index contributed by atoms with van der Waals surface area (Å²) in [5.74, 6) is 9.73. The van der Waals surface area contributed by atoms with Gasteiger partial charge in [-0.15, -0.1) is 0 Å². The molecule has 0 spiro atoms. The lowest BCUT2D eigenvalue weighted by atomic mass is 9.43. The topological polar surface area (TPSA) is 47.6 Å². The third-order valence-electron chi connectivity index (χ3n) is 12.2. The summed E-state index contributed by atoms with van der Waals surface area (Å²) in [6.07, 6.45) is 18.5. The van der Waals surface area contributed by atoms with Gasteiger partial charge in [0.2, 0.25) is 0 Å². The van der Waals surface area contributed by atoms with E-state index in [-0.39, 0.29) is 0 Å². The molecule has 0 aliphatic heterocycles. The van der Waals surface area contributed by atoms with Gasteiger partial charge in [-0.05, 0) is 149 Å². The quantitative estimate of drug-likeness (QED) is 0.303. The summed E-state index contributed by atoms with van der Waals surface area (Å²) in [6, 6.07) is 5.13. The molecule has 2 nitrogen and oxygen atoms in total. The Labute approximate surface area is 224 Å². The maximum absolute atomic E-state index is 9.43. The number of hydrogen-bond acceptors (Lipinski definition) is 2. The third kappa shape index (κ3) is 4.14. The number of nitrogens with zero attached hydrogens (tertiary/aromatic N) is 2. The predicted molar refractivity (Wildman–Crippen MR) is 143 cm³/mol. The molecule has 186 valence electrons. The fourth-order valence-electron chi connectivity index (χ4n) is 10.8. The number of nitriles is 2. The van der Waals surface area contributed by atoms with Gasteiger partial charge in [-0.3, -0.25) is 0 Å². The van der Waals surface area contributed by atoms with Crippen molar-refractivity contribution in [2.24, 2.45) is 71.0 Å². The Morgan fingerprint density at radius 2 is 0.794 bits per heavy atom. The highest BCUT2D eigenvalue weighted by Gasteiger charge is 2.60. The molecule has 4 heteroatoms. The van der Waals surface area contributed by atoms with E-state index in [2.05, 4.69) is 44.0 Å². The molecular formula is C30H42Br2N2. The second-order valence-corrected chi connectivity index (χ2v) is 15.6. The molecule has 0 amide bonds. The Bertz CT molecular complexity index is 747. The lowest BCUT2D eigenvalue weighted by Gasteiger charge is -2.64. The van der Waals surface area contributed by atoms with Crippen LogP contribution in [0.2, 0.25) is 0 Å². The number of halogens is 2. The summed E-state index contributed by atoms with van der Waals surface area (Å²) in [6.45, 7) is 0. The molecule has 34 heavy (non-hydrogen) atoms. The van der Waals surface area contributed by atoms with Crippen LogP contribution in [0.4, 0.5) is 0 Å². The third-order valence-corrected chi connectivity index (χ3v) is 14.3. The predicted octanol–water partition coefficient (Wildman–Crippen LogP) is 8.50. The second kappa shape index (κ2) is 10.0. The molecule has 6 rings (SSSR count). The van der Waals surface area contributed by atoms with Gasteiger partial charge in [0.15, 0.2) is 0 Å². The summed E-state index contributed by atoms with van der Waals surface area (Å²) in [5, 5.41) is 18.9. The van der Waals surface area contributed by atoms with Crippen molar-refractivity contribution in [3.05, 3.63) is 0 Å². The lowest BCUT2D eigenvalue weighted by molar-refractivity contribution is -0.127. The summed E-state index contributed by atoms with van der Waals surface area (Å²) in [7, 11) is 0. The van der Waals surface area contributed by atoms with Gasteiger partial charge in [0.1, 0.15) is 0 Å². The minimum atomic E-state index is 0.325. The maximum Gasteiger partial charge on any atom is 0.0655 e. The van der Waals surface area contributed by atoms with Crippen LogP contribution in [-0.2, 0) is 0 Å². The summed E-state index contributed by atoms with van der Waals surface area (Å²) >= 11 is 8.55. The fourth-order valence-corrected chi connectivity index (χ4v) is 12.9. The maximum atomic E-state index is 9.43. The summed E-state index contributed by atoms with van der Waals surface area (Å²) in [5.41, 5.74) is 0. The van der Waals surface area contributed by atoms with Crippen LogP contribution < -0.4 is 0 Å². The second-order valence-electron chi connectivity index (χ2n) is 13.3. The minimum absolute atomic E-state index is 0.325. The van der Waals surface area contributed by atoms with Crippen LogP contribution in [0.1, 0.15) is 89.9 Å². The van der Waals surface area contributed by atoms with Gasteiger partial charge in [-0.25, -0.2) is 0 Å². The first-order valence-corrected chi connectivity index (χ1v) is 16.5. The molecule has 6 saturated carbocycles. The van der Waals surface area contributed by atoms with Gasteiger partial charge in [0.25, 0.3) is 0 Å². The smallest absolute Gasteiger partial charge is 0.0655 e. The van der Waals surface area contributed by atoms with E-state index in [0.29, 0.717) is 21.5 Å². The van der Waals surface area contributed by atoms with Crippen molar-refractivity contribution in [3.8, 4) is 12.1 Å². The first kappa shape index (κ1) is 24.3. The average Bonchev–Trinajstić information content (AvgIpc) is 2.89. The van der Waals surface area contributed by atoms with E-state index < -0.39 is 0 Å². The normalized spacial score (nSPS) is 54.8. The van der Waals surface area contributed by atoms with Gasteiger partial charge >= 0.3 is 0 Å². The van der Waals surface area contributed by atoms with Crippen molar-refractivity contribution >= 4 is 31.9 Å². The van der Waals surface area contributed by atoms with E-state index in [9.17, 15) is 10.5 Å². The highest BCUT2D eigenvalue weighted by Crippen LogP contribution is 2.66. The van der Waals surface area contributed by atoms with Crippen molar-refractivity contribution in [1.82, 2.24) is 0 Å². The average molecular weight is 590 g/mol. The molecule has 0 aromatic carbocycles. The Morgan fingerprint density at radius 3 is 1.15 bits per heavy atom. The van der Waals surface area contributed by atoms with E-state index >= 15 is 0 Å². The molecule has 0 aromatic rings. The van der Waals surface area contributed by atoms with Gasteiger partial charge in [-0.1, -0.05) is 31.9 Å². The van der Waals surface area contributed by atoms with Gasteiger partial charge in [0.05, 0.1) is 12.1 Å². The molecule has 6 aliphatic carbocycles. The van der Waals surface area contributed by atoms with E-state index in [1.807, 2.05) is 0 Å². The fraction of sp³-hybridized carbons (Fsp3) is 0.933. The van der Waals surface area contributed by atoms with Crippen molar-refractivity contribution in [2.75, 3.05) is 0 Å². The number of alkyl halides is 2. The Kier molecular flexibility index (Phi) is 7.15. The zero-order chi connectivity index (χ0) is 23.4. The highest BCUT2D eigenvalue weighted by molar-refractivity contribution is 9.09. The largest absolute Gasteiger partial charge is 0.198 e.